The van der Waals surface area contributed by atoms with Crippen LogP contribution in [0, 0.1) is 0 Å². The molecule has 1 unspecified atom stereocenters. The minimum absolute atomic E-state index is 0.0847. The second-order valence-electron chi connectivity index (χ2n) is 5.09. The number of piperazine rings is 1. The van der Waals surface area contributed by atoms with Gasteiger partial charge in [-0.2, -0.15) is 4.31 Å². The van der Waals surface area contributed by atoms with Crippen molar-refractivity contribution in [3.05, 3.63) is 41.0 Å². The molecule has 0 saturated carbocycles. The third-order valence-corrected chi connectivity index (χ3v) is 5.86. The molecule has 3 rings (SSSR count). The van der Waals surface area contributed by atoms with E-state index in [-0.39, 0.29) is 11.1 Å². The van der Waals surface area contributed by atoms with Crippen LogP contribution in [0.2, 0.25) is 5.02 Å². The molecule has 1 aliphatic rings. The van der Waals surface area contributed by atoms with E-state index in [0.29, 0.717) is 24.7 Å². The summed E-state index contributed by atoms with van der Waals surface area (Å²) in [6.07, 6.45) is 1.27. The van der Waals surface area contributed by atoms with Gasteiger partial charge in [-0.1, -0.05) is 28.9 Å². The van der Waals surface area contributed by atoms with Crippen molar-refractivity contribution in [3.63, 3.8) is 0 Å². The highest BCUT2D eigenvalue weighted by atomic mass is 35.5. The maximum atomic E-state index is 12.9. The van der Waals surface area contributed by atoms with Crippen LogP contribution in [0.15, 0.2) is 35.5 Å². The van der Waals surface area contributed by atoms with Crippen molar-refractivity contribution in [1.29, 1.82) is 0 Å². The van der Waals surface area contributed by atoms with E-state index < -0.39 is 10.0 Å². The topological polar surface area (TPSA) is 80.1 Å². The third kappa shape index (κ3) is 2.74. The number of nitrogens with one attached hydrogen (secondary N) is 1. The second kappa shape index (κ2) is 5.96. The fourth-order valence-corrected chi connectivity index (χ4v) is 4.46. The van der Waals surface area contributed by atoms with Crippen molar-refractivity contribution in [2.24, 2.45) is 7.05 Å². The lowest BCUT2D eigenvalue weighted by Crippen LogP contribution is -2.48. The Balaban J connectivity index is 2.02. The number of halogens is 1. The van der Waals surface area contributed by atoms with Gasteiger partial charge in [-0.05, 0) is 17.7 Å². The summed E-state index contributed by atoms with van der Waals surface area (Å²) in [5, 5.41) is 11.3. The smallest absolute Gasteiger partial charge is 0.262 e. The summed E-state index contributed by atoms with van der Waals surface area (Å²) in [7, 11) is -2.11. The van der Waals surface area contributed by atoms with E-state index in [1.807, 2.05) is 12.1 Å². The molecule has 118 valence electrons. The first-order valence-electron chi connectivity index (χ1n) is 6.83. The van der Waals surface area contributed by atoms with Gasteiger partial charge in [0, 0.05) is 31.7 Å². The van der Waals surface area contributed by atoms with Crippen molar-refractivity contribution < 1.29 is 8.42 Å². The highest BCUT2D eigenvalue weighted by Crippen LogP contribution is 2.29. The third-order valence-electron chi connectivity index (χ3n) is 3.67. The van der Waals surface area contributed by atoms with E-state index in [2.05, 4.69) is 15.6 Å². The molecule has 1 saturated heterocycles. The van der Waals surface area contributed by atoms with Gasteiger partial charge in [0.2, 0.25) is 0 Å². The van der Waals surface area contributed by atoms with Crippen LogP contribution in [-0.2, 0) is 17.1 Å². The molecule has 2 aromatic rings. The molecular formula is C13H16ClN5O2S. The Kier molecular flexibility index (Phi) is 4.18. The highest BCUT2D eigenvalue weighted by molar-refractivity contribution is 7.89. The van der Waals surface area contributed by atoms with Crippen molar-refractivity contribution in [2.45, 2.75) is 11.1 Å². The van der Waals surface area contributed by atoms with E-state index in [1.165, 1.54) is 15.2 Å². The van der Waals surface area contributed by atoms with Crippen LogP contribution < -0.4 is 5.32 Å². The summed E-state index contributed by atoms with van der Waals surface area (Å²) < 4.78 is 28.6. The summed E-state index contributed by atoms with van der Waals surface area (Å²) in [6, 6.07) is 6.96. The number of rotatable bonds is 3. The molecule has 1 aliphatic heterocycles. The molecule has 0 amide bonds. The average molecular weight is 342 g/mol. The summed E-state index contributed by atoms with van der Waals surface area (Å²) in [5.74, 6) is 0. The van der Waals surface area contributed by atoms with Crippen LogP contribution >= 0.6 is 11.6 Å². The second-order valence-corrected chi connectivity index (χ2v) is 7.36. The van der Waals surface area contributed by atoms with Crippen LogP contribution in [-0.4, -0.2) is 47.4 Å². The molecule has 0 spiro atoms. The van der Waals surface area contributed by atoms with Gasteiger partial charge in [-0.15, -0.1) is 5.10 Å². The summed E-state index contributed by atoms with van der Waals surface area (Å²) in [6.45, 7) is 1.51. The predicted octanol–water partition coefficient (Wildman–Crippen LogP) is 0.804. The Hall–Kier alpha value is -1.48. The van der Waals surface area contributed by atoms with Gasteiger partial charge in [0.25, 0.3) is 10.0 Å². The summed E-state index contributed by atoms with van der Waals surface area (Å²) in [4.78, 5) is 0. The molecule has 7 nitrogen and oxygen atoms in total. The zero-order chi connectivity index (χ0) is 15.7. The molecule has 0 aliphatic carbocycles. The SMILES string of the molecule is Cn1nncc1S(=O)(=O)N1CCNCC1c1cccc(Cl)c1. The van der Waals surface area contributed by atoms with Crippen molar-refractivity contribution in [3.8, 4) is 0 Å². The van der Waals surface area contributed by atoms with E-state index in [9.17, 15) is 8.42 Å². The summed E-state index contributed by atoms with van der Waals surface area (Å²) in [5.41, 5.74) is 0.860. The van der Waals surface area contributed by atoms with Crippen LogP contribution in [0.4, 0.5) is 0 Å². The van der Waals surface area contributed by atoms with Crippen molar-refractivity contribution in [1.82, 2.24) is 24.6 Å². The molecule has 0 radical (unpaired) electrons. The number of nitrogens with zero attached hydrogens (tertiary/aromatic N) is 4. The summed E-state index contributed by atoms with van der Waals surface area (Å²) >= 11 is 6.04. The average Bonchev–Trinajstić information content (AvgIpc) is 2.94. The largest absolute Gasteiger partial charge is 0.313 e. The minimum Gasteiger partial charge on any atom is -0.313 e. The van der Waals surface area contributed by atoms with Crippen LogP contribution in [0.1, 0.15) is 11.6 Å². The van der Waals surface area contributed by atoms with Gasteiger partial charge >= 0.3 is 0 Å². The lowest BCUT2D eigenvalue weighted by atomic mass is 10.1. The molecule has 0 bridgehead atoms. The molecule has 1 aromatic carbocycles. The molecule has 22 heavy (non-hydrogen) atoms. The molecule has 1 atom stereocenters. The van der Waals surface area contributed by atoms with E-state index in [4.69, 9.17) is 11.6 Å². The number of hydrogen-bond donors (Lipinski definition) is 1. The molecular weight excluding hydrogens is 326 g/mol. The zero-order valence-electron chi connectivity index (χ0n) is 12.0. The van der Waals surface area contributed by atoms with Crippen LogP contribution in [0.25, 0.3) is 0 Å². The predicted molar refractivity (Wildman–Crippen MR) is 82.0 cm³/mol. The lowest BCUT2D eigenvalue weighted by molar-refractivity contribution is 0.270. The Labute approximate surface area is 133 Å². The number of aromatic nitrogens is 3. The number of hydrogen-bond acceptors (Lipinski definition) is 5. The Morgan fingerprint density at radius 1 is 1.41 bits per heavy atom. The van der Waals surface area contributed by atoms with Gasteiger partial charge in [0.15, 0.2) is 5.03 Å². The van der Waals surface area contributed by atoms with Gasteiger partial charge in [0.05, 0.1) is 12.2 Å². The van der Waals surface area contributed by atoms with E-state index in [0.717, 1.165) is 5.56 Å². The molecule has 2 heterocycles. The van der Waals surface area contributed by atoms with Gasteiger partial charge in [0.1, 0.15) is 0 Å². The van der Waals surface area contributed by atoms with Crippen molar-refractivity contribution >= 4 is 21.6 Å². The first-order valence-corrected chi connectivity index (χ1v) is 8.64. The van der Waals surface area contributed by atoms with Gasteiger partial charge in [-0.25, -0.2) is 13.1 Å². The molecule has 1 N–H and O–H groups in total. The number of sulfonamides is 1. The Morgan fingerprint density at radius 3 is 2.91 bits per heavy atom. The number of aryl methyl sites for hydroxylation is 1. The fourth-order valence-electron chi connectivity index (χ4n) is 2.61. The Bertz CT molecular complexity index is 776. The fraction of sp³-hybridized carbons (Fsp3) is 0.385. The first kappa shape index (κ1) is 15.4. The minimum atomic E-state index is -3.67. The number of benzene rings is 1. The molecule has 1 aromatic heterocycles. The normalized spacial score (nSPS) is 20.2. The van der Waals surface area contributed by atoms with E-state index in [1.54, 1.807) is 19.2 Å². The highest BCUT2D eigenvalue weighted by Gasteiger charge is 2.36. The van der Waals surface area contributed by atoms with Gasteiger partial charge in [-0.3, -0.25) is 0 Å². The quantitative estimate of drug-likeness (QED) is 0.893. The lowest BCUT2D eigenvalue weighted by Gasteiger charge is -2.35. The standard InChI is InChI=1S/C13H16ClN5O2S/c1-18-13(9-16-17-18)22(20,21)19-6-5-15-8-12(19)10-3-2-4-11(14)7-10/h2-4,7,9,12,15H,5-6,8H2,1H3. The molecule has 9 heteroatoms. The first-order chi connectivity index (χ1) is 10.5. The Morgan fingerprint density at radius 2 is 2.23 bits per heavy atom. The maximum Gasteiger partial charge on any atom is 0.262 e. The molecule has 1 fully saturated rings. The maximum absolute atomic E-state index is 12.9. The zero-order valence-corrected chi connectivity index (χ0v) is 13.5. The van der Waals surface area contributed by atoms with Gasteiger partial charge < -0.3 is 5.32 Å². The van der Waals surface area contributed by atoms with Crippen LogP contribution in [0.3, 0.4) is 0 Å². The van der Waals surface area contributed by atoms with Crippen LogP contribution in [0.5, 0.6) is 0 Å². The monoisotopic (exact) mass is 341 g/mol. The van der Waals surface area contributed by atoms with E-state index >= 15 is 0 Å². The van der Waals surface area contributed by atoms with Crippen molar-refractivity contribution in [2.75, 3.05) is 19.6 Å².